The number of benzene rings is 1. The third-order valence-corrected chi connectivity index (χ3v) is 4.63. The van der Waals surface area contributed by atoms with Crippen LogP contribution in [-0.2, 0) is 11.3 Å². The normalized spacial score (nSPS) is 18.5. The van der Waals surface area contributed by atoms with Crippen LogP contribution in [0.3, 0.4) is 0 Å². The van der Waals surface area contributed by atoms with Crippen molar-refractivity contribution in [2.45, 2.75) is 13.0 Å². The third-order valence-electron chi connectivity index (χ3n) is 3.71. The van der Waals surface area contributed by atoms with Crippen molar-refractivity contribution in [3.05, 3.63) is 60.0 Å². The highest BCUT2D eigenvalue weighted by Crippen LogP contribution is 2.26. The van der Waals surface area contributed by atoms with Gasteiger partial charge in [0.2, 0.25) is 5.91 Å². The Kier molecular flexibility index (Phi) is 3.70. The molecule has 3 rings (SSSR count). The largest absolute Gasteiger partial charge is 0.338 e. The fraction of sp³-hybridized carbons (Fsp3) is 0.235. The Hall–Kier alpha value is -1.87. The van der Waals surface area contributed by atoms with Crippen molar-refractivity contribution in [3.63, 3.8) is 0 Å². The highest BCUT2D eigenvalue weighted by molar-refractivity contribution is 7.13. The number of carbonyl (C=O) groups is 1. The van der Waals surface area contributed by atoms with Crippen LogP contribution in [-0.4, -0.2) is 17.4 Å². The number of nitrogens with zero attached hydrogens (tertiary/aromatic N) is 1. The molecular weight excluding hydrogens is 266 g/mol. The number of hydrogen-bond acceptors (Lipinski definition) is 2. The van der Waals surface area contributed by atoms with Gasteiger partial charge < -0.3 is 4.90 Å². The molecule has 0 N–H and O–H groups in total. The smallest absolute Gasteiger partial charge is 0.223 e. The minimum absolute atomic E-state index is 0.234. The first-order valence-electron chi connectivity index (χ1n) is 6.79. The molecule has 1 unspecified atom stereocenters. The number of amides is 1. The minimum Gasteiger partial charge on any atom is -0.338 e. The number of likely N-dealkylation sites (tertiary alicyclic amines) is 1. The van der Waals surface area contributed by atoms with E-state index in [1.54, 1.807) is 11.3 Å². The second kappa shape index (κ2) is 5.63. The zero-order valence-electron chi connectivity index (χ0n) is 11.3. The molecule has 102 valence electrons. The highest BCUT2D eigenvalue weighted by Gasteiger charge is 2.27. The molecule has 1 aliphatic heterocycles. The minimum atomic E-state index is 0.234. The van der Waals surface area contributed by atoms with Gasteiger partial charge in [0, 0.05) is 30.3 Å². The van der Waals surface area contributed by atoms with E-state index < -0.39 is 0 Å². The molecule has 20 heavy (non-hydrogen) atoms. The molecule has 1 atom stereocenters. The van der Waals surface area contributed by atoms with E-state index in [2.05, 4.69) is 48.4 Å². The first-order chi connectivity index (χ1) is 9.76. The molecule has 0 saturated carbocycles. The molecule has 2 nitrogen and oxygen atoms in total. The maximum Gasteiger partial charge on any atom is 0.223 e. The quantitative estimate of drug-likeness (QED) is 0.778. The van der Waals surface area contributed by atoms with Gasteiger partial charge in [-0.05, 0) is 22.6 Å². The van der Waals surface area contributed by atoms with Crippen molar-refractivity contribution in [1.82, 2.24) is 4.90 Å². The van der Waals surface area contributed by atoms with E-state index in [1.165, 1.54) is 16.0 Å². The summed E-state index contributed by atoms with van der Waals surface area (Å²) in [6.07, 6.45) is 2.49. The third kappa shape index (κ3) is 2.68. The average molecular weight is 283 g/mol. The summed E-state index contributed by atoms with van der Waals surface area (Å²) in [5, 5.41) is 2.08. The van der Waals surface area contributed by atoms with E-state index in [9.17, 15) is 4.79 Å². The van der Waals surface area contributed by atoms with Crippen molar-refractivity contribution in [1.29, 1.82) is 0 Å². The molecule has 0 spiro atoms. The molecule has 0 bridgehead atoms. The van der Waals surface area contributed by atoms with Crippen LogP contribution in [0, 0.1) is 5.92 Å². The fourth-order valence-electron chi connectivity index (χ4n) is 2.55. The second-order valence-electron chi connectivity index (χ2n) is 5.15. The maximum atomic E-state index is 11.9. The first kappa shape index (κ1) is 13.1. The van der Waals surface area contributed by atoms with Gasteiger partial charge in [-0.25, -0.2) is 0 Å². The molecule has 1 amide bonds. The topological polar surface area (TPSA) is 20.3 Å². The van der Waals surface area contributed by atoms with Crippen LogP contribution >= 0.6 is 11.3 Å². The Morgan fingerprint density at radius 1 is 1.30 bits per heavy atom. The SMILES string of the molecule is C=CC1CC(=O)N(Cc2ccc(-c3cccs3)cc2)C1. The summed E-state index contributed by atoms with van der Waals surface area (Å²) in [6.45, 7) is 5.28. The lowest BCUT2D eigenvalue weighted by atomic mass is 10.1. The van der Waals surface area contributed by atoms with Crippen molar-refractivity contribution in [2.75, 3.05) is 6.54 Å². The van der Waals surface area contributed by atoms with Gasteiger partial charge >= 0.3 is 0 Å². The van der Waals surface area contributed by atoms with Gasteiger partial charge in [-0.2, -0.15) is 0 Å². The molecule has 3 heteroatoms. The molecule has 1 fully saturated rings. The lowest BCUT2D eigenvalue weighted by Gasteiger charge is -2.16. The van der Waals surface area contributed by atoms with Gasteiger partial charge in [0.1, 0.15) is 0 Å². The van der Waals surface area contributed by atoms with Crippen LogP contribution < -0.4 is 0 Å². The summed E-state index contributed by atoms with van der Waals surface area (Å²) in [4.78, 5) is 15.1. The molecule has 0 aliphatic carbocycles. The van der Waals surface area contributed by atoms with Crippen LogP contribution in [0.1, 0.15) is 12.0 Å². The zero-order chi connectivity index (χ0) is 13.9. The predicted octanol–water partition coefficient (Wildman–Crippen LogP) is 3.95. The Morgan fingerprint density at radius 2 is 2.10 bits per heavy atom. The highest BCUT2D eigenvalue weighted by atomic mass is 32.1. The van der Waals surface area contributed by atoms with Gasteiger partial charge in [-0.1, -0.05) is 36.4 Å². The number of rotatable bonds is 4. The number of hydrogen-bond donors (Lipinski definition) is 0. The van der Waals surface area contributed by atoms with Crippen molar-refractivity contribution in [3.8, 4) is 10.4 Å². The van der Waals surface area contributed by atoms with Gasteiger partial charge in [0.15, 0.2) is 0 Å². The van der Waals surface area contributed by atoms with Crippen LogP contribution in [0.25, 0.3) is 10.4 Å². The number of thiophene rings is 1. The van der Waals surface area contributed by atoms with Crippen LogP contribution in [0.4, 0.5) is 0 Å². The number of carbonyl (C=O) groups excluding carboxylic acids is 1. The van der Waals surface area contributed by atoms with Gasteiger partial charge in [0.05, 0.1) is 0 Å². The second-order valence-corrected chi connectivity index (χ2v) is 6.10. The van der Waals surface area contributed by atoms with Crippen LogP contribution in [0.5, 0.6) is 0 Å². The molecule has 1 aromatic carbocycles. The van der Waals surface area contributed by atoms with Crippen molar-refractivity contribution < 1.29 is 4.79 Å². The summed E-state index contributed by atoms with van der Waals surface area (Å²) in [5.74, 6) is 0.546. The van der Waals surface area contributed by atoms with Crippen molar-refractivity contribution in [2.24, 2.45) is 5.92 Å². The Bertz CT molecular complexity index is 600. The van der Waals surface area contributed by atoms with E-state index in [0.29, 0.717) is 18.9 Å². The van der Waals surface area contributed by atoms with E-state index in [0.717, 1.165) is 6.54 Å². The summed E-state index contributed by atoms with van der Waals surface area (Å²) < 4.78 is 0. The Labute approximate surface area is 123 Å². The van der Waals surface area contributed by atoms with E-state index >= 15 is 0 Å². The lowest BCUT2D eigenvalue weighted by Crippen LogP contribution is -2.24. The van der Waals surface area contributed by atoms with E-state index in [4.69, 9.17) is 0 Å². The monoisotopic (exact) mass is 283 g/mol. The molecule has 2 heterocycles. The molecule has 1 aromatic heterocycles. The molecular formula is C17H17NOS. The summed E-state index contributed by atoms with van der Waals surface area (Å²) in [6, 6.07) is 12.7. The van der Waals surface area contributed by atoms with E-state index in [1.807, 2.05) is 11.0 Å². The molecule has 1 saturated heterocycles. The lowest BCUT2D eigenvalue weighted by molar-refractivity contribution is -0.128. The standard InChI is InChI=1S/C17H17NOS/c1-2-13-10-17(19)18(11-13)12-14-5-7-15(8-6-14)16-4-3-9-20-16/h2-9,13H,1,10-12H2. The first-order valence-corrected chi connectivity index (χ1v) is 7.67. The molecule has 2 aromatic rings. The predicted molar refractivity (Wildman–Crippen MR) is 83.5 cm³/mol. The molecule has 0 radical (unpaired) electrons. The van der Waals surface area contributed by atoms with Crippen molar-refractivity contribution >= 4 is 17.2 Å². The van der Waals surface area contributed by atoms with E-state index in [-0.39, 0.29) is 5.91 Å². The zero-order valence-corrected chi connectivity index (χ0v) is 12.1. The average Bonchev–Trinajstić information content (AvgIpc) is 3.10. The Balaban J connectivity index is 1.70. The summed E-state index contributed by atoms with van der Waals surface area (Å²) in [7, 11) is 0. The summed E-state index contributed by atoms with van der Waals surface area (Å²) >= 11 is 1.74. The molecule has 1 aliphatic rings. The van der Waals surface area contributed by atoms with Gasteiger partial charge in [0.25, 0.3) is 0 Å². The Morgan fingerprint density at radius 3 is 2.70 bits per heavy atom. The fourth-order valence-corrected chi connectivity index (χ4v) is 3.28. The van der Waals surface area contributed by atoms with Gasteiger partial charge in [-0.15, -0.1) is 17.9 Å². The van der Waals surface area contributed by atoms with Crippen LogP contribution in [0.2, 0.25) is 0 Å². The summed E-state index contributed by atoms with van der Waals surface area (Å²) in [5.41, 5.74) is 2.42. The maximum absolute atomic E-state index is 11.9. The van der Waals surface area contributed by atoms with Crippen LogP contribution in [0.15, 0.2) is 54.4 Å². The van der Waals surface area contributed by atoms with Gasteiger partial charge in [-0.3, -0.25) is 4.79 Å².